The monoisotopic (exact) mass is 414 g/mol. The lowest BCUT2D eigenvalue weighted by molar-refractivity contribution is 0.807. The van der Waals surface area contributed by atoms with E-state index in [1.807, 2.05) is 24.4 Å². The van der Waals surface area contributed by atoms with Crippen LogP contribution in [0.2, 0.25) is 0 Å². The van der Waals surface area contributed by atoms with Crippen molar-refractivity contribution in [1.29, 1.82) is 0 Å². The van der Waals surface area contributed by atoms with Crippen LogP contribution in [0.5, 0.6) is 0 Å². The molecule has 0 radical (unpaired) electrons. The molecule has 2 aromatic rings. The topological polar surface area (TPSA) is 43.1 Å². The van der Waals surface area contributed by atoms with Crippen molar-refractivity contribution >= 4 is 17.7 Å². The third-order valence-electron chi connectivity index (χ3n) is 6.24. The lowest BCUT2D eigenvalue weighted by Crippen LogP contribution is -2.03. The van der Waals surface area contributed by atoms with Gasteiger partial charge >= 0.3 is 0 Å². The van der Waals surface area contributed by atoms with Gasteiger partial charge in [0, 0.05) is 34.6 Å². The number of pyridine rings is 1. The smallest absolute Gasteiger partial charge is 0.113 e. The predicted octanol–water partition coefficient (Wildman–Crippen LogP) is 5.94. The second-order valence-electron chi connectivity index (χ2n) is 8.18. The molecule has 1 atom stereocenters. The molecule has 0 saturated carbocycles. The summed E-state index contributed by atoms with van der Waals surface area (Å²) < 4.78 is 2.16. The summed E-state index contributed by atoms with van der Waals surface area (Å²) in [5, 5.41) is 8.72. The van der Waals surface area contributed by atoms with Crippen molar-refractivity contribution in [3.05, 3.63) is 120 Å². The molecule has 0 N–H and O–H groups in total. The largest absolute Gasteiger partial charge is 0.317 e. The molecule has 2 aliphatic carbocycles. The molecule has 2 aromatic heterocycles. The van der Waals surface area contributed by atoms with Gasteiger partial charge in [0.25, 0.3) is 0 Å². The molecule has 0 fully saturated rings. The molecule has 154 valence electrons. The van der Waals surface area contributed by atoms with E-state index in [4.69, 9.17) is 4.98 Å². The van der Waals surface area contributed by atoms with Gasteiger partial charge in [-0.3, -0.25) is 4.98 Å². The number of hydrogen-bond acceptors (Lipinski definition) is 3. The first kappa shape index (κ1) is 18.7. The third kappa shape index (κ3) is 3.40. The summed E-state index contributed by atoms with van der Waals surface area (Å²) in [6.45, 7) is 0. The maximum atomic E-state index is 4.69. The van der Waals surface area contributed by atoms with Gasteiger partial charge in [-0.1, -0.05) is 48.1 Å². The summed E-state index contributed by atoms with van der Waals surface area (Å²) in [5.74, 6) is 0.437. The molecular weight excluding hydrogens is 392 g/mol. The molecule has 4 heteroatoms. The van der Waals surface area contributed by atoms with Gasteiger partial charge in [0.05, 0.1) is 11.9 Å². The van der Waals surface area contributed by atoms with E-state index >= 15 is 0 Å². The summed E-state index contributed by atoms with van der Waals surface area (Å²) in [6.07, 6.45) is 23.2. The van der Waals surface area contributed by atoms with Crippen molar-refractivity contribution in [1.82, 2.24) is 19.6 Å². The summed E-state index contributed by atoms with van der Waals surface area (Å²) in [5.41, 5.74) is 8.89. The van der Waals surface area contributed by atoms with Crippen molar-refractivity contribution in [2.75, 3.05) is 0 Å². The van der Waals surface area contributed by atoms with Crippen LogP contribution in [0.4, 0.5) is 0 Å². The molecule has 0 aromatic carbocycles. The number of allylic oxidation sites excluding steroid dienone is 8. The van der Waals surface area contributed by atoms with E-state index in [2.05, 4.69) is 93.7 Å². The average molecular weight is 415 g/mol. The van der Waals surface area contributed by atoms with Crippen LogP contribution in [0.15, 0.2) is 102 Å². The van der Waals surface area contributed by atoms with Crippen molar-refractivity contribution in [3.63, 3.8) is 0 Å². The van der Waals surface area contributed by atoms with Crippen LogP contribution in [0.25, 0.3) is 28.9 Å². The minimum atomic E-state index is 0.437. The van der Waals surface area contributed by atoms with E-state index in [0.29, 0.717) is 5.92 Å². The number of rotatable bonds is 5. The molecule has 1 unspecified atom stereocenters. The Morgan fingerprint density at radius 1 is 0.906 bits per heavy atom. The van der Waals surface area contributed by atoms with E-state index in [9.17, 15) is 0 Å². The van der Waals surface area contributed by atoms with Crippen LogP contribution < -0.4 is 0 Å². The second-order valence-corrected chi connectivity index (χ2v) is 8.18. The second kappa shape index (κ2) is 7.89. The fourth-order valence-corrected chi connectivity index (χ4v) is 4.50. The van der Waals surface area contributed by atoms with E-state index < -0.39 is 0 Å². The maximum absolute atomic E-state index is 4.69. The Hall–Kier alpha value is -4.05. The van der Waals surface area contributed by atoms with Crippen LogP contribution in [0.1, 0.15) is 23.5 Å². The Morgan fingerprint density at radius 3 is 2.91 bits per heavy atom. The zero-order valence-corrected chi connectivity index (χ0v) is 17.6. The number of aryl methyl sites for hydroxylation is 1. The highest BCUT2D eigenvalue weighted by Gasteiger charge is 2.20. The maximum Gasteiger partial charge on any atom is 0.113 e. The SMILES string of the molecule is C1=CC2=CC=C(CCc3ccc4c(/C=C/c5ccc6ccccn56)nnc-4cn3)C2C=C1. The summed E-state index contributed by atoms with van der Waals surface area (Å²) in [6, 6.07) is 14.6. The predicted molar refractivity (Wildman–Crippen MR) is 129 cm³/mol. The van der Waals surface area contributed by atoms with Crippen LogP contribution in [-0.4, -0.2) is 19.6 Å². The van der Waals surface area contributed by atoms with E-state index in [-0.39, 0.29) is 0 Å². The van der Waals surface area contributed by atoms with E-state index in [1.165, 1.54) is 16.7 Å². The fourth-order valence-electron chi connectivity index (χ4n) is 4.50. The van der Waals surface area contributed by atoms with Gasteiger partial charge in [-0.15, -0.1) is 10.2 Å². The first-order chi connectivity index (χ1) is 15.8. The van der Waals surface area contributed by atoms with Crippen molar-refractivity contribution in [2.24, 2.45) is 5.92 Å². The molecule has 0 saturated heterocycles. The van der Waals surface area contributed by atoms with Crippen LogP contribution in [0, 0.1) is 5.92 Å². The number of aromatic nitrogens is 4. The first-order valence-electron chi connectivity index (χ1n) is 11.0. The molecule has 0 amide bonds. The average Bonchev–Trinajstić information content (AvgIpc) is 3.51. The van der Waals surface area contributed by atoms with Gasteiger partial charge < -0.3 is 4.40 Å². The highest BCUT2D eigenvalue weighted by molar-refractivity contribution is 5.78. The normalized spacial score (nSPS) is 17.3. The Labute approximate surface area is 187 Å². The molecule has 0 bridgehead atoms. The lowest BCUT2D eigenvalue weighted by atomic mass is 9.89. The van der Waals surface area contributed by atoms with Crippen molar-refractivity contribution in [2.45, 2.75) is 12.8 Å². The van der Waals surface area contributed by atoms with E-state index in [0.717, 1.165) is 41.2 Å². The molecule has 6 rings (SSSR count). The molecular formula is C28H22N4. The zero-order chi connectivity index (χ0) is 21.3. The lowest BCUT2D eigenvalue weighted by Gasteiger charge is -2.15. The molecule has 2 aliphatic heterocycles. The summed E-state index contributed by atoms with van der Waals surface area (Å²) in [7, 11) is 0. The minimum Gasteiger partial charge on any atom is -0.317 e. The van der Waals surface area contributed by atoms with Crippen LogP contribution in [0.3, 0.4) is 0 Å². The van der Waals surface area contributed by atoms with Gasteiger partial charge in [0.1, 0.15) is 5.69 Å². The molecule has 4 heterocycles. The summed E-state index contributed by atoms with van der Waals surface area (Å²) in [4.78, 5) is 4.69. The third-order valence-corrected chi connectivity index (χ3v) is 6.24. The molecule has 4 aliphatic rings. The van der Waals surface area contributed by atoms with Gasteiger partial charge in [0.15, 0.2) is 0 Å². The van der Waals surface area contributed by atoms with Gasteiger partial charge in [-0.25, -0.2) is 0 Å². The highest BCUT2D eigenvalue weighted by atomic mass is 15.1. The standard InChI is InChI=1S/C28H22N4/c1-2-7-25-20(5-1)8-9-21(25)10-11-22-12-16-26-27(30-31-28(26)19-29-22)17-15-24-14-13-23-6-3-4-18-32(23)24/h1-9,12-19,25H,10-11H2/b17-15+. The number of hydrogen-bond donors (Lipinski definition) is 0. The Balaban J connectivity index is 1.21. The van der Waals surface area contributed by atoms with Crippen LogP contribution in [-0.2, 0) is 6.42 Å². The zero-order valence-electron chi connectivity index (χ0n) is 17.6. The quantitative estimate of drug-likeness (QED) is 0.406. The van der Waals surface area contributed by atoms with Crippen molar-refractivity contribution in [3.8, 4) is 11.3 Å². The van der Waals surface area contributed by atoms with Gasteiger partial charge in [0.2, 0.25) is 0 Å². The summed E-state index contributed by atoms with van der Waals surface area (Å²) >= 11 is 0. The Kier molecular flexibility index (Phi) is 4.61. The number of nitrogens with zero attached hydrogens (tertiary/aromatic N) is 4. The Bertz CT molecular complexity index is 1430. The van der Waals surface area contributed by atoms with Gasteiger partial charge in [-0.05, 0) is 67.0 Å². The van der Waals surface area contributed by atoms with Crippen molar-refractivity contribution < 1.29 is 0 Å². The minimum absolute atomic E-state index is 0.437. The molecule has 32 heavy (non-hydrogen) atoms. The van der Waals surface area contributed by atoms with E-state index in [1.54, 1.807) is 0 Å². The highest BCUT2D eigenvalue weighted by Crippen LogP contribution is 2.34. The Morgan fingerprint density at radius 2 is 1.91 bits per heavy atom. The number of fused-ring (bicyclic) bond motifs is 3. The molecule has 0 spiro atoms. The van der Waals surface area contributed by atoms with Crippen LogP contribution >= 0.6 is 0 Å². The fraction of sp³-hybridized carbons (Fsp3) is 0.107. The first-order valence-corrected chi connectivity index (χ1v) is 11.0. The van der Waals surface area contributed by atoms with Gasteiger partial charge in [-0.2, -0.15) is 0 Å². The molecule has 4 nitrogen and oxygen atoms in total.